The number of fused-ring (bicyclic) bond motifs is 1. The Labute approximate surface area is 198 Å². The second-order valence-corrected chi connectivity index (χ2v) is 10.5. The number of aromatic nitrogens is 1. The van der Waals surface area contributed by atoms with Crippen LogP contribution in [0.3, 0.4) is 0 Å². The number of hydrogen-bond acceptors (Lipinski definition) is 5. The average molecular weight is 491 g/mol. The van der Waals surface area contributed by atoms with E-state index < -0.39 is 10.0 Å². The van der Waals surface area contributed by atoms with Crippen LogP contribution in [0.4, 0.5) is 0 Å². The predicted molar refractivity (Wildman–Crippen MR) is 129 cm³/mol. The van der Waals surface area contributed by atoms with Gasteiger partial charge in [0.05, 0.1) is 24.8 Å². The first-order chi connectivity index (χ1) is 15.8. The molecule has 0 atom stereocenters. The largest absolute Gasteiger partial charge is 0.493 e. The van der Waals surface area contributed by atoms with Crippen LogP contribution in [0.5, 0.6) is 11.5 Å². The van der Waals surface area contributed by atoms with Gasteiger partial charge >= 0.3 is 0 Å². The first-order valence-corrected chi connectivity index (χ1v) is 12.7. The van der Waals surface area contributed by atoms with Crippen molar-refractivity contribution in [3.05, 3.63) is 63.4 Å². The fourth-order valence-electron chi connectivity index (χ4n) is 4.42. The van der Waals surface area contributed by atoms with E-state index in [2.05, 4.69) is 4.98 Å². The number of ether oxygens (including phenoxy) is 2. The summed E-state index contributed by atoms with van der Waals surface area (Å²) < 4.78 is 39.6. The van der Waals surface area contributed by atoms with Gasteiger partial charge in [-0.15, -0.1) is 0 Å². The topological polar surface area (TPSA) is 88.7 Å². The highest BCUT2D eigenvalue weighted by Crippen LogP contribution is 2.33. The van der Waals surface area contributed by atoms with E-state index in [1.807, 2.05) is 0 Å². The molecule has 7 nitrogen and oxygen atoms in total. The lowest BCUT2D eigenvalue weighted by Crippen LogP contribution is -2.42. The molecule has 0 spiro atoms. The van der Waals surface area contributed by atoms with Gasteiger partial charge in [0.15, 0.2) is 11.5 Å². The van der Waals surface area contributed by atoms with Crippen molar-refractivity contribution >= 4 is 32.5 Å². The molecule has 1 N–H and O–H groups in total. The number of nitrogens with zero attached hydrogens (tertiary/aromatic N) is 1. The van der Waals surface area contributed by atoms with Crippen molar-refractivity contribution in [3.63, 3.8) is 0 Å². The van der Waals surface area contributed by atoms with E-state index in [1.165, 1.54) is 24.6 Å². The van der Waals surface area contributed by atoms with Crippen LogP contribution in [0.1, 0.15) is 37.7 Å². The molecule has 1 fully saturated rings. The van der Waals surface area contributed by atoms with Gasteiger partial charge in [-0.1, -0.05) is 43.0 Å². The molecule has 0 amide bonds. The molecule has 0 aliphatic heterocycles. The minimum Gasteiger partial charge on any atom is -0.493 e. The summed E-state index contributed by atoms with van der Waals surface area (Å²) >= 11 is 6.27. The molecule has 1 aliphatic carbocycles. The molecule has 9 heteroatoms. The van der Waals surface area contributed by atoms with Crippen molar-refractivity contribution in [3.8, 4) is 11.5 Å². The number of sulfonamides is 1. The number of hydrogen-bond donors (Lipinski definition) is 1. The number of methoxy groups -OCH3 is 2. The number of H-pyrrole nitrogens is 1. The van der Waals surface area contributed by atoms with E-state index in [1.54, 1.807) is 36.4 Å². The van der Waals surface area contributed by atoms with Crippen molar-refractivity contribution in [2.75, 3.05) is 14.2 Å². The Bertz CT molecular complexity index is 1320. The monoisotopic (exact) mass is 490 g/mol. The zero-order valence-electron chi connectivity index (χ0n) is 18.6. The van der Waals surface area contributed by atoms with Crippen LogP contribution < -0.4 is 15.0 Å². The molecule has 176 valence electrons. The maximum atomic E-state index is 13.7. The van der Waals surface area contributed by atoms with Crippen molar-refractivity contribution in [2.45, 2.75) is 49.6 Å². The van der Waals surface area contributed by atoms with Gasteiger partial charge < -0.3 is 14.5 Å². The first kappa shape index (κ1) is 23.6. The highest BCUT2D eigenvalue weighted by molar-refractivity contribution is 7.89. The molecule has 1 aromatic heterocycles. The van der Waals surface area contributed by atoms with E-state index in [9.17, 15) is 13.2 Å². The second kappa shape index (κ2) is 9.75. The second-order valence-electron chi connectivity index (χ2n) is 8.19. The third-order valence-electron chi connectivity index (χ3n) is 6.16. The summed E-state index contributed by atoms with van der Waals surface area (Å²) in [7, 11) is -0.855. The van der Waals surface area contributed by atoms with Gasteiger partial charge in [-0.25, -0.2) is 8.42 Å². The van der Waals surface area contributed by atoms with Crippen LogP contribution in [0, 0.1) is 0 Å². The minimum absolute atomic E-state index is 0.0438. The van der Waals surface area contributed by atoms with Gasteiger partial charge in [-0.05, 0) is 37.1 Å². The lowest BCUT2D eigenvalue weighted by molar-refractivity contribution is 0.247. The van der Waals surface area contributed by atoms with Gasteiger partial charge in [0.1, 0.15) is 4.90 Å². The normalized spacial score (nSPS) is 15.2. The number of rotatable bonds is 7. The third-order valence-corrected chi connectivity index (χ3v) is 8.55. The highest BCUT2D eigenvalue weighted by atomic mass is 35.5. The van der Waals surface area contributed by atoms with Crippen LogP contribution in [-0.4, -0.2) is 38.0 Å². The molecule has 0 saturated heterocycles. The number of nitrogens with one attached hydrogen (secondary N) is 1. The minimum atomic E-state index is -3.92. The van der Waals surface area contributed by atoms with Crippen LogP contribution in [0.15, 0.2) is 52.2 Å². The Morgan fingerprint density at radius 3 is 2.36 bits per heavy atom. The lowest BCUT2D eigenvalue weighted by atomic mass is 9.95. The van der Waals surface area contributed by atoms with Crippen LogP contribution in [0.25, 0.3) is 10.9 Å². The zero-order chi connectivity index (χ0) is 23.6. The van der Waals surface area contributed by atoms with Gasteiger partial charge in [0.25, 0.3) is 5.56 Å². The Kier molecular flexibility index (Phi) is 6.97. The molecule has 0 unspecified atom stereocenters. The quantitative estimate of drug-likeness (QED) is 0.517. The van der Waals surface area contributed by atoms with Crippen LogP contribution >= 0.6 is 11.6 Å². The molecule has 1 saturated carbocycles. The van der Waals surface area contributed by atoms with E-state index >= 15 is 0 Å². The molecule has 1 heterocycles. The molecule has 4 rings (SSSR count). The summed E-state index contributed by atoms with van der Waals surface area (Å²) in [6.45, 7) is -0.0438. The third kappa shape index (κ3) is 4.74. The van der Waals surface area contributed by atoms with Crippen molar-refractivity contribution < 1.29 is 17.9 Å². The standard InChI is InChI=1S/C24H27ClN2O5S/c1-31-21-13-16-12-17(24(28)26-20(16)14-22(21)32-2)15-27(18-8-4-3-5-9-18)33(29,30)23-11-7-6-10-19(23)25/h6-7,10-14,18H,3-5,8-9,15H2,1-2H3,(H,26,28). The Morgan fingerprint density at radius 2 is 1.70 bits per heavy atom. The van der Waals surface area contributed by atoms with Crippen LogP contribution in [0.2, 0.25) is 5.02 Å². The number of benzene rings is 2. The highest BCUT2D eigenvalue weighted by Gasteiger charge is 2.34. The smallest absolute Gasteiger partial charge is 0.252 e. The maximum Gasteiger partial charge on any atom is 0.252 e. The van der Waals surface area contributed by atoms with Gasteiger partial charge in [-0.3, -0.25) is 4.79 Å². The van der Waals surface area contributed by atoms with E-state index in [-0.39, 0.29) is 28.1 Å². The SMILES string of the molecule is COc1cc2cc(CN(C3CCCCC3)S(=O)(=O)c3ccccc3Cl)c(=O)[nH]c2cc1OC. The zero-order valence-corrected chi connectivity index (χ0v) is 20.2. The average Bonchev–Trinajstić information content (AvgIpc) is 2.82. The molecule has 33 heavy (non-hydrogen) atoms. The first-order valence-electron chi connectivity index (χ1n) is 10.9. The van der Waals surface area contributed by atoms with Crippen LogP contribution in [-0.2, 0) is 16.6 Å². The predicted octanol–water partition coefficient (Wildman–Crippen LogP) is 4.72. The summed E-state index contributed by atoms with van der Waals surface area (Å²) in [5, 5.41) is 0.892. The molecular weight excluding hydrogens is 464 g/mol. The molecule has 0 bridgehead atoms. The van der Waals surface area contributed by atoms with Gasteiger partial charge in [0.2, 0.25) is 10.0 Å². The summed E-state index contributed by atoms with van der Waals surface area (Å²) in [6.07, 6.45) is 4.48. The van der Waals surface area contributed by atoms with Crippen molar-refractivity contribution in [1.82, 2.24) is 9.29 Å². The summed E-state index contributed by atoms with van der Waals surface area (Å²) in [5.74, 6) is 1.02. The Balaban J connectivity index is 1.80. The molecule has 2 aromatic carbocycles. The summed E-state index contributed by atoms with van der Waals surface area (Å²) in [5.41, 5.74) is 0.598. The number of pyridine rings is 1. The van der Waals surface area contributed by atoms with E-state index in [0.717, 1.165) is 37.5 Å². The summed E-state index contributed by atoms with van der Waals surface area (Å²) in [6, 6.07) is 11.4. The van der Waals surface area contributed by atoms with E-state index in [0.29, 0.717) is 22.6 Å². The Hall–Kier alpha value is -2.55. The molecular formula is C24H27ClN2O5S. The fourth-order valence-corrected chi connectivity index (χ4v) is 6.58. The fraction of sp³-hybridized carbons (Fsp3) is 0.375. The Morgan fingerprint density at radius 1 is 1.03 bits per heavy atom. The number of halogens is 1. The van der Waals surface area contributed by atoms with E-state index in [4.69, 9.17) is 21.1 Å². The number of aromatic amines is 1. The molecule has 3 aromatic rings. The van der Waals surface area contributed by atoms with Crippen molar-refractivity contribution in [2.24, 2.45) is 0 Å². The van der Waals surface area contributed by atoms with Crippen molar-refractivity contribution in [1.29, 1.82) is 0 Å². The molecule has 0 radical (unpaired) electrons. The lowest BCUT2D eigenvalue weighted by Gasteiger charge is -2.33. The van der Waals surface area contributed by atoms with Gasteiger partial charge in [0, 0.05) is 29.6 Å². The molecule has 1 aliphatic rings. The van der Waals surface area contributed by atoms with Gasteiger partial charge in [-0.2, -0.15) is 4.31 Å². The summed E-state index contributed by atoms with van der Waals surface area (Å²) in [4.78, 5) is 15.9. The maximum absolute atomic E-state index is 13.7.